The Morgan fingerprint density at radius 2 is 1.97 bits per heavy atom. The van der Waals surface area contributed by atoms with Crippen LogP contribution < -0.4 is 0 Å². The normalized spacial score (nSPS) is 11.5. The van der Waals surface area contributed by atoms with E-state index in [-0.39, 0.29) is 29.7 Å². The van der Waals surface area contributed by atoms with Gasteiger partial charge in [-0.3, -0.25) is 19.3 Å². The molecule has 0 atom stereocenters. The Bertz CT molecular complexity index is 1380. The van der Waals surface area contributed by atoms with Crippen LogP contribution in [0.2, 0.25) is 5.02 Å². The number of nitro benzene ring substituents is 1. The standard InChI is InChI=1S/C22H16ClN3O5S/c23-17-4-3-14(10-19(17)26(30)31)21-18(25-7-8-32-22(25)24-21)5-6-20(29)13-1-2-15(11-27)16(9-13)12-28/h1-10,27-28H,11-12H2. The molecule has 4 rings (SSSR count). The van der Waals surface area contributed by atoms with Crippen LogP contribution in [0.5, 0.6) is 0 Å². The third-order valence-electron chi connectivity index (χ3n) is 4.94. The van der Waals surface area contributed by atoms with Crippen LogP contribution in [0.4, 0.5) is 5.69 Å². The van der Waals surface area contributed by atoms with Gasteiger partial charge in [-0.15, -0.1) is 11.3 Å². The topological polar surface area (TPSA) is 118 Å². The number of ketones is 1. The van der Waals surface area contributed by atoms with Crippen molar-refractivity contribution in [2.24, 2.45) is 0 Å². The van der Waals surface area contributed by atoms with Crippen LogP contribution >= 0.6 is 22.9 Å². The predicted octanol–water partition coefficient (Wildman–Crippen LogP) is 4.51. The van der Waals surface area contributed by atoms with E-state index in [0.29, 0.717) is 38.6 Å². The molecule has 0 unspecified atom stereocenters. The first-order valence-corrected chi connectivity index (χ1v) is 10.6. The summed E-state index contributed by atoms with van der Waals surface area (Å²) in [7, 11) is 0. The number of thiazole rings is 1. The van der Waals surface area contributed by atoms with Crippen LogP contribution in [0, 0.1) is 10.1 Å². The van der Waals surface area contributed by atoms with Gasteiger partial charge in [-0.05, 0) is 35.4 Å². The summed E-state index contributed by atoms with van der Waals surface area (Å²) in [6, 6.07) is 9.16. The number of imidazole rings is 1. The molecule has 0 fully saturated rings. The van der Waals surface area contributed by atoms with Crippen molar-refractivity contribution in [2.45, 2.75) is 13.2 Å². The van der Waals surface area contributed by atoms with Gasteiger partial charge in [0, 0.05) is 28.8 Å². The fourth-order valence-corrected chi connectivity index (χ4v) is 4.21. The van der Waals surface area contributed by atoms with Crippen LogP contribution in [-0.2, 0) is 13.2 Å². The highest BCUT2D eigenvalue weighted by molar-refractivity contribution is 7.15. The Balaban J connectivity index is 1.75. The molecular formula is C22H16ClN3O5S. The molecule has 2 aromatic heterocycles. The van der Waals surface area contributed by atoms with Gasteiger partial charge in [0.2, 0.25) is 0 Å². The molecule has 10 heteroatoms. The Labute approximate surface area is 190 Å². The number of aliphatic hydroxyl groups excluding tert-OH is 2. The van der Waals surface area contributed by atoms with Gasteiger partial charge in [-0.25, -0.2) is 4.98 Å². The SMILES string of the molecule is O=C(C=Cc1c(-c2ccc(Cl)c([N+](=O)[O-])c2)nc2sccn12)c1ccc(CO)c(CO)c1. The van der Waals surface area contributed by atoms with Crippen molar-refractivity contribution in [1.29, 1.82) is 0 Å². The summed E-state index contributed by atoms with van der Waals surface area (Å²) in [5.74, 6) is -0.303. The second-order valence-corrected chi connectivity index (χ2v) is 8.10. The first-order chi connectivity index (χ1) is 15.4. The molecule has 0 aliphatic heterocycles. The quantitative estimate of drug-likeness (QED) is 0.178. The smallest absolute Gasteiger partial charge is 0.288 e. The van der Waals surface area contributed by atoms with Gasteiger partial charge in [0.25, 0.3) is 5.69 Å². The largest absolute Gasteiger partial charge is 0.392 e. The predicted molar refractivity (Wildman–Crippen MR) is 122 cm³/mol. The zero-order valence-electron chi connectivity index (χ0n) is 16.4. The third-order valence-corrected chi connectivity index (χ3v) is 6.02. The minimum Gasteiger partial charge on any atom is -0.392 e. The number of rotatable bonds is 7. The molecule has 32 heavy (non-hydrogen) atoms. The van der Waals surface area contributed by atoms with Gasteiger partial charge in [-0.2, -0.15) is 0 Å². The van der Waals surface area contributed by atoms with Crippen molar-refractivity contribution in [2.75, 3.05) is 0 Å². The number of fused-ring (bicyclic) bond motifs is 1. The molecule has 2 N–H and O–H groups in total. The monoisotopic (exact) mass is 469 g/mol. The zero-order chi connectivity index (χ0) is 22.8. The van der Waals surface area contributed by atoms with Crippen molar-refractivity contribution in [1.82, 2.24) is 9.38 Å². The molecule has 0 aliphatic carbocycles. The highest BCUT2D eigenvalue weighted by atomic mass is 35.5. The summed E-state index contributed by atoms with van der Waals surface area (Å²) in [4.78, 5) is 28.7. The average molecular weight is 470 g/mol. The van der Waals surface area contributed by atoms with Crippen molar-refractivity contribution in [3.05, 3.63) is 91.6 Å². The number of hydrogen-bond donors (Lipinski definition) is 2. The molecule has 162 valence electrons. The molecule has 0 radical (unpaired) electrons. The number of aliphatic hydroxyl groups is 2. The first kappa shape index (κ1) is 21.8. The summed E-state index contributed by atoms with van der Waals surface area (Å²) in [5, 5.41) is 32.0. The molecule has 0 amide bonds. The van der Waals surface area contributed by atoms with E-state index in [2.05, 4.69) is 4.98 Å². The second-order valence-electron chi connectivity index (χ2n) is 6.82. The number of halogens is 1. The molecule has 0 bridgehead atoms. The molecule has 0 spiro atoms. The van der Waals surface area contributed by atoms with Crippen LogP contribution in [-0.4, -0.2) is 30.3 Å². The Morgan fingerprint density at radius 1 is 1.19 bits per heavy atom. The summed E-state index contributed by atoms with van der Waals surface area (Å²) in [5.41, 5.74) is 2.72. The fourth-order valence-electron chi connectivity index (χ4n) is 3.31. The number of benzene rings is 2. The Hall–Kier alpha value is -3.37. The molecular weight excluding hydrogens is 454 g/mol. The van der Waals surface area contributed by atoms with E-state index < -0.39 is 4.92 Å². The van der Waals surface area contributed by atoms with Crippen molar-refractivity contribution >= 4 is 45.4 Å². The Kier molecular flexibility index (Phi) is 6.15. The summed E-state index contributed by atoms with van der Waals surface area (Å²) < 4.78 is 1.79. The molecule has 2 heterocycles. The van der Waals surface area contributed by atoms with E-state index >= 15 is 0 Å². The number of hydrogen-bond acceptors (Lipinski definition) is 7. The van der Waals surface area contributed by atoms with E-state index in [1.165, 1.54) is 35.6 Å². The van der Waals surface area contributed by atoms with Gasteiger partial charge < -0.3 is 10.2 Å². The van der Waals surface area contributed by atoms with Crippen molar-refractivity contribution in [3.8, 4) is 11.3 Å². The van der Waals surface area contributed by atoms with E-state index in [1.54, 1.807) is 34.9 Å². The molecule has 2 aromatic carbocycles. The molecule has 0 saturated carbocycles. The minimum atomic E-state index is -0.557. The van der Waals surface area contributed by atoms with Gasteiger partial charge >= 0.3 is 0 Å². The maximum Gasteiger partial charge on any atom is 0.288 e. The van der Waals surface area contributed by atoms with Crippen LogP contribution in [0.3, 0.4) is 0 Å². The van der Waals surface area contributed by atoms with Gasteiger partial charge in [0.15, 0.2) is 10.7 Å². The number of carbonyl (C=O) groups is 1. The number of nitrogens with zero attached hydrogens (tertiary/aromatic N) is 3. The lowest BCUT2D eigenvalue weighted by Gasteiger charge is -2.06. The van der Waals surface area contributed by atoms with Gasteiger partial charge in [0.1, 0.15) is 5.02 Å². The number of nitro groups is 1. The maximum atomic E-state index is 12.8. The van der Waals surface area contributed by atoms with Crippen LogP contribution in [0.15, 0.2) is 54.1 Å². The molecule has 0 aliphatic rings. The molecule has 0 saturated heterocycles. The number of aromatic nitrogens is 2. The van der Waals surface area contributed by atoms with Gasteiger partial charge in [0.05, 0.1) is 29.5 Å². The highest BCUT2D eigenvalue weighted by Gasteiger charge is 2.19. The van der Waals surface area contributed by atoms with E-state index in [9.17, 15) is 25.1 Å². The minimum absolute atomic E-state index is 0.0260. The lowest BCUT2D eigenvalue weighted by atomic mass is 10.0. The maximum absolute atomic E-state index is 12.8. The van der Waals surface area contributed by atoms with Crippen LogP contribution in [0.1, 0.15) is 27.2 Å². The van der Waals surface area contributed by atoms with Gasteiger partial charge in [-0.1, -0.05) is 29.8 Å². The fraction of sp³-hybridized carbons (Fsp3) is 0.0909. The zero-order valence-corrected chi connectivity index (χ0v) is 18.0. The summed E-state index contributed by atoms with van der Waals surface area (Å²) in [6.07, 6.45) is 4.78. The van der Waals surface area contributed by atoms with Crippen molar-refractivity contribution in [3.63, 3.8) is 0 Å². The molecule has 8 nitrogen and oxygen atoms in total. The van der Waals surface area contributed by atoms with E-state index in [1.807, 2.05) is 5.38 Å². The van der Waals surface area contributed by atoms with E-state index in [0.717, 1.165) is 0 Å². The lowest BCUT2D eigenvalue weighted by Crippen LogP contribution is -2.00. The summed E-state index contributed by atoms with van der Waals surface area (Å²) in [6.45, 7) is -0.527. The molecule has 4 aromatic rings. The average Bonchev–Trinajstić information content (AvgIpc) is 3.38. The van der Waals surface area contributed by atoms with Crippen LogP contribution in [0.25, 0.3) is 22.3 Å². The third kappa shape index (κ3) is 4.06. The number of carbonyl (C=O) groups excluding carboxylic acids is 1. The Morgan fingerprint density at radius 3 is 2.69 bits per heavy atom. The second kappa shape index (κ2) is 9.01. The summed E-state index contributed by atoms with van der Waals surface area (Å²) >= 11 is 7.33. The lowest BCUT2D eigenvalue weighted by molar-refractivity contribution is -0.384. The first-order valence-electron chi connectivity index (χ1n) is 9.38. The number of allylic oxidation sites excluding steroid dienone is 1. The highest BCUT2D eigenvalue weighted by Crippen LogP contribution is 2.33. The van der Waals surface area contributed by atoms with E-state index in [4.69, 9.17) is 11.6 Å². The van der Waals surface area contributed by atoms with Crippen molar-refractivity contribution < 1.29 is 19.9 Å².